The summed E-state index contributed by atoms with van der Waals surface area (Å²) in [6.07, 6.45) is -4.55. The Balaban J connectivity index is 2.41. The summed E-state index contributed by atoms with van der Waals surface area (Å²) in [6.45, 7) is 0. The number of ether oxygens (including phenoxy) is 1. The van der Waals surface area contributed by atoms with E-state index in [0.717, 1.165) is 6.07 Å². The maximum Gasteiger partial charge on any atom is 0.419 e. The topological polar surface area (TPSA) is 9.23 Å². The highest BCUT2D eigenvalue weighted by Gasteiger charge is 2.34. The summed E-state index contributed by atoms with van der Waals surface area (Å²) < 4.78 is 44.4. The van der Waals surface area contributed by atoms with Gasteiger partial charge in [-0.3, -0.25) is 0 Å². The summed E-state index contributed by atoms with van der Waals surface area (Å²) in [6, 6.07) is 7.88. The Labute approximate surface area is 134 Å². The molecule has 0 saturated carbocycles. The minimum atomic E-state index is -4.55. The van der Waals surface area contributed by atoms with Crippen LogP contribution in [0.1, 0.15) is 11.1 Å². The first-order valence-corrected chi connectivity index (χ1v) is 6.99. The van der Waals surface area contributed by atoms with Gasteiger partial charge in [-0.15, -0.1) is 11.6 Å². The molecule has 0 saturated heterocycles. The van der Waals surface area contributed by atoms with Crippen molar-refractivity contribution in [2.45, 2.75) is 12.1 Å². The van der Waals surface area contributed by atoms with Crippen LogP contribution in [0.2, 0.25) is 10.0 Å². The van der Waals surface area contributed by atoms with Gasteiger partial charge in [-0.25, -0.2) is 0 Å². The molecule has 2 rings (SSSR count). The van der Waals surface area contributed by atoms with Crippen LogP contribution in [0.5, 0.6) is 11.5 Å². The Kier molecular flexibility index (Phi) is 4.91. The Morgan fingerprint density at radius 1 is 0.952 bits per heavy atom. The lowest BCUT2D eigenvalue weighted by Crippen LogP contribution is -2.07. The van der Waals surface area contributed by atoms with Crippen LogP contribution in [0.3, 0.4) is 0 Å². The van der Waals surface area contributed by atoms with Crippen LogP contribution in [-0.4, -0.2) is 0 Å². The lowest BCUT2D eigenvalue weighted by Gasteiger charge is -2.15. The van der Waals surface area contributed by atoms with Gasteiger partial charge in [-0.05, 0) is 29.8 Å². The molecule has 0 fully saturated rings. The van der Waals surface area contributed by atoms with Crippen molar-refractivity contribution in [3.8, 4) is 11.5 Å². The Morgan fingerprint density at radius 3 is 2.24 bits per heavy atom. The average Bonchev–Trinajstić information content (AvgIpc) is 2.42. The molecule has 0 spiro atoms. The van der Waals surface area contributed by atoms with E-state index in [1.807, 2.05) is 0 Å². The molecule has 21 heavy (non-hydrogen) atoms. The summed E-state index contributed by atoms with van der Waals surface area (Å²) in [5.41, 5.74) is -0.544. The highest BCUT2D eigenvalue weighted by atomic mass is 35.5. The molecule has 7 heteroatoms. The third-order valence-corrected chi connectivity index (χ3v) is 3.67. The Morgan fingerprint density at radius 2 is 1.67 bits per heavy atom. The van der Waals surface area contributed by atoms with E-state index >= 15 is 0 Å². The van der Waals surface area contributed by atoms with Crippen LogP contribution in [0, 0.1) is 0 Å². The fraction of sp³-hybridized carbons (Fsp3) is 0.143. The van der Waals surface area contributed by atoms with E-state index in [1.165, 1.54) is 30.3 Å². The second kappa shape index (κ2) is 6.34. The second-order valence-electron chi connectivity index (χ2n) is 4.14. The van der Waals surface area contributed by atoms with Gasteiger partial charge in [-0.2, -0.15) is 13.2 Å². The van der Waals surface area contributed by atoms with Gasteiger partial charge in [-0.1, -0.05) is 29.3 Å². The summed E-state index contributed by atoms with van der Waals surface area (Å²) in [5.74, 6) is -0.181. The van der Waals surface area contributed by atoms with Crippen molar-refractivity contribution < 1.29 is 17.9 Å². The molecule has 0 aliphatic carbocycles. The summed E-state index contributed by atoms with van der Waals surface area (Å²) in [7, 11) is 0. The van der Waals surface area contributed by atoms with E-state index in [1.54, 1.807) is 0 Å². The maximum absolute atomic E-state index is 13.0. The predicted molar refractivity (Wildman–Crippen MR) is 77.5 cm³/mol. The first kappa shape index (κ1) is 16.3. The molecular weight excluding hydrogens is 348 g/mol. The van der Waals surface area contributed by atoms with Crippen LogP contribution >= 0.6 is 34.8 Å². The SMILES string of the molecule is FC(F)(F)c1cc(CCl)ccc1Oc1ccc(Cl)c(Cl)c1. The first-order valence-electron chi connectivity index (χ1n) is 5.70. The lowest BCUT2D eigenvalue weighted by molar-refractivity contribution is -0.138. The number of hydrogen-bond donors (Lipinski definition) is 0. The molecule has 0 heterocycles. The van der Waals surface area contributed by atoms with Crippen molar-refractivity contribution in [3.63, 3.8) is 0 Å². The van der Waals surface area contributed by atoms with Gasteiger partial charge in [0.25, 0.3) is 0 Å². The molecule has 0 radical (unpaired) electrons. The van der Waals surface area contributed by atoms with E-state index in [-0.39, 0.29) is 27.4 Å². The molecule has 2 aromatic rings. The van der Waals surface area contributed by atoms with Crippen molar-refractivity contribution in [2.75, 3.05) is 0 Å². The number of benzene rings is 2. The van der Waals surface area contributed by atoms with Gasteiger partial charge in [0.1, 0.15) is 11.5 Å². The van der Waals surface area contributed by atoms with E-state index in [9.17, 15) is 13.2 Å². The maximum atomic E-state index is 13.0. The normalized spacial score (nSPS) is 11.5. The zero-order valence-corrected chi connectivity index (χ0v) is 12.6. The van der Waals surface area contributed by atoms with Crippen molar-refractivity contribution >= 4 is 34.8 Å². The summed E-state index contributed by atoms with van der Waals surface area (Å²) in [5, 5.41) is 0.484. The number of hydrogen-bond acceptors (Lipinski definition) is 1. The minimum absolute atomic E-state index is 0.0177. The van der Waals surface area contributed by atoms with Crippen molar-refractivity contribution in [3.05, 3.63) is 57.6 Å². The first-order chi connectivity index (χ1) is 9.81. The van der Waals surface area contributed by atoms with Gasteiger partial charge in [0, 0.05) is 11.9 Å². The van der Waals surface area contributed by atoms with Crippen molar-refractivity contribution in [1.29, 1.82) is 0 Å². The van der Waals surface area contributed by atoms with Gasteiger partial charge >= 0.3 is 6.18 Å². The van der Waals surface area contributed by atoms with Crippen molar-refractivity contribution in [2.24, 2.45) is 0 Å². The van der Waals surface area contributed by atoms with Crippen molar-refractivity contribution in [1.82, 2.24) is 0 Å². The number of alkyl halides is 4. The molecule has 2 aromatic carbocycles. The molecule has 0 bridgehead atoms. The average molecular weight is 356 g/mol. The smallest absolute Gasteiger partial charge is 0.419 e. The van der Waals surface area contributed by atoms with E-state index in [0.29, 0.717) is 5.56 Å². The molecule has 0 aliphatic heterocycles. The molecule has 0 unspecified atom stereocenters. The highest BCUT2D eigenvalue weighted by Crippen LogP contribution is 2.39. The van der Waals surface area contributed by atoms with E-state index < -0.39 is 11.7 Å². The largest absolute Gasteiger partial charge is 0.457 e. The highest BCUT2D eigenvalue weighted by molar-refractivity contribution is 6.42. The van der Waals surface area contributed by atoms with Crippen LogP contribution < -0.4 is 4.74 Å². The fourth-order valence-electron chi connectivity index (χ4n) is 1.64. The van der Waals surface area contributed by atoms with Gasteiger partial charge in [0.05, 0.1) is 15.6 Å². The zero-order chi connectivity index (χ0) is 15.6. The number of rotatable bonds is 3. The summed E-state index contributed by atoms with van der Waals surface area (Å²) in [4.78, 5) is 0. The van der Waals surface area contributed by atoms with Crippen LogP contribution in [0.15, 0.2) is 36.4 Å². The van der Waals surface area contributed by atoms with Gasteiger partial charge < -0.3 is 4.74 Å². The Bertz CT molecular complexity index is 656. The molecule has 0 atom stereocenters. The molecule has 1 nitrogen and oxygen atoms in total. The van der Waals surface area contributed by atoms with Gasteiger partial charge in [0.15, 0.2) is 0 Å². The third-order valence-electron chi connectivity index (χ3n) is 2.62. The molecule has 0 amide bonds. The zero-order valence-electron chi connectivity index (χ0n) is 10.3. The minimum Gasteiger partial charge on any atom is -0.457 e. The number of halogens is 6. The lowest BCUT2D eigenvalue weighted by atomic mass is 10.1. The fourth-order valence-corrected chi connectivity index (χ4v) is 2.09. The van der Waals surface area contributed by atoms with Crippen LogP contribution in [0.25, 0.3) is 0 Å². The van der Waals surface area contributed by atoms with Crippen LogP contribution in [-0.2, 0) is 12.1 Å². The molecular formula is C14H8Cl3F3O. The third kappa shape index (κ3) is 3.96. The predicted octanol–water partition coefficient (Wildman–Crippen LogP) is 6.54. The molecule has 0 N–H and O–H groups in total. The van der Waals surface area contributed by atoms with Crippen LogP contribution in [0.4, 0.5) is 13.2 Å². The Hall–Kier alpha value is -1.10. The molecule has 112 valence electrons. The molecule has 0 aliphatic rings. The molecule has 0 aromatic heterocycles. The summed E-state index contributed by atoms with van der Waals surface area (Å²) >= 11 is 17.1. The standard InChI is InChI=1S/C14H8Cl3F3O/c15-7-8-1-4-13(10(5-8)14(18,19)20)21-9-2-3-11(16)12(17)6-9/h1-6H,7H2. The van der Waals surface area contributed by atoms with E-state index in [2.05, 4.69) is 0 Å². The second-order valence-corrected chi connectivity index (χ2v) is 5.22. The van der Waals surface area contributed by atoms with E-state index in [4.69, 9.17) is 39.5 Å². The monoisotopic (exact) mass is 354 g/mol. The quantitative estimate of drug-likeness (QED) is 0.568. The van der Waals surface area contributed by atoms with Gasteiger partial charge in [0.2, 0.25) is 0 Å².